The summed E-state index contributed by atoms with van der Waals surface area (Å²) in [6, 6.07) is 12.0. The number of hydrogen-bond donors (Lipinski definition) is 1. The summed E-state index contributed by atoms with van der Waals surface area (Å²) in [5.74, 6) is 0.248. The van der Waals surface area contributed by atoms with Crippen molar-refractivity contribution >= 4 is 12.0 Å². The number of methoxy groups -OCH3 is 1. The van der Waals surface area contributed by atoms with Gasteiger partial charge in [-0.15, -0.1) is 0 Å². The van der Waals surface area contributed by atoms with Gasteiger partial charge in [-0.1, -0.05) is 30.3 Å². The lowest BCUT2D eigenvalue weighted by molar-refractivity contribution is -0.137. The highest BCUT2D eigenvalue weighted by molar-refractivity contribution is 5.91. The molecule has 0 bridgehead atoms. The van der Waals surface area contributed by atoms with E-state index >= 15 is 0 Å². The Bertz CT molecular complexity index is 739. The van der Waals surface area contributed by atoms with E-state index in [1.165, 1.54) is 31.4 Å². The number of carbonyl (C=O) groups is 1. The fourth-order valence-corrected chi connectivity index (χ4v) is 2.08. The average Bonchev–Trinajstić information content (AvgIpc) is 2.58. The van der Waals surface area contributed by atoms with Gasteiger partial charge in [-0.3, -0.25) is 4.79 Å². The van der Waals surface area contributed by atoms with Crippen LogP contribution in [0.5, 0.6) is 5.75 Å². The maximum atomic E-state index is 12.6. The van der Waals surface area contributed by atoms with Crippen LogP contribution in [0.3, 0.4) is 0 Å². The van der Waals surface area contributed by atoms with Crippen LogP contribution in [0.25, 0.3) is 6.08 Å². The third-order valence-electron chi connectivity index (χ3n) is 3.29. The predicted octanol–water partition coefficient (Wildman–Crippen LogP) is 4.04. The summed E-state index contributed by atoms with van der Waals surface area (Å²) in [6.45, 7) is 0.260. The van der Waals surface area contributed by atoms with E-state index < -0.39 is 17.6 Å². The molecule has 3 nitrogen and oxygen atoms in total. The van der Waals surface area contributed by atoms with Crippen LogP contribution in [0.1, 0.15) is 16.7 Å². The van der Waals surface area contributed by atoms with Crippen LogP contribution < -0.4 is 10.1 Å². The second-order valence-corrected chi connectivity index (χ2v) is 4.99. The summed E-state index contributed by atoms with van der Waals surface area (Å²) in [5, 5.41) is 2.66. The normalized spacial score (nSPS) is 11.5. The molecule has 6 heteroatoms. The molecule has 126 valence electrons. The molecule has 0 spiro atoms. The second kappa shape index (κ2) is 7.68. The third kappa shape index (κ3) is 4.87. The van der Waals surface area contributed by atoms with E-state index in [0.29, 0.717) is 11.3 Å². The summed E-state index contributed by atoms with van der Waals surface area (Å²) < 4.78 is 43.1. The molecule has 0 saturated carbocycles. The molecule has 24 heavy (non-hydrogen) atoms. The number of hydrogen-bond acceptors (Lipinski definition) is 2. The van der Waals surface area contributed by atoms with Crippen molar-refractivity contribution in [3.63, 3.8) is 0 Å². The standard InChI is InChI=1S/C18H16F3NO2/c1-24-16-8-3-2-6-14(16)12-22-17(23)10-9-13-5-4-7-15(11-13)18(19,20)21/h2-11H,12H2,1H3,(H,22,23)/b10-9+. The molecule has 0 saturated heterocycles. The Kier molecular flexibility index (Phi) is 5.63. The highest BCUT2D eigenvalue weighted by Gasteiger charge is 2.30. The summed E-state index contributed by atoms with van der Waals surface area (Å²) in [6.07, 6.45) is -1.87. The molecule has 0 aliphatic rings. The summed E-state index contributed by atoms with van der Waals surface area (Å²) in [4.78, 5) is 11.8. The van der Waals surface area contributed by atoms with Crippen LogP contribution in [0, 0.1) is 0 Å². The van der Waals surface area contributed by atoms with Crippen LogP contribution in [0.2, 0.25) is 0 Å². The van der Waals surface area contributed by atoms with Gasteiger partial charge in [-0.25, -0.2) is 0 Å². The number of halogens is 3. The van der Waals surface area contributed by atoms with Gasteiger partial charge in [0.15, 0.2) is 0 Å². The molecule has 0 aromatic heterocycles. The van der Waals surface area contributed by atoms with Gasteiger partial charge >= 0.3 is 6.18 Å². The SMILES string of the molecule is COc1ccccc1CNC(=O)/C=C/c1cccc(C(F)(F)F)c1. The molecule has 1 amide bonds. The molecule has 1 N–H and O–H groups in total. The Balaban J connectivity index is 1.98. The van der Waals surface area contributed by atoms with E-state index in [0.717, 1.165) is 17.7 Å². The van der Waals surface area contributed by atoms with E-state index in [2.05, 4.69) is 5.32 Å². The minimum atomic E-state index is -4.41. The van der Waals surface area contributed by atoms with Gasteiger partial charge in [-0.2, -0.15) is 13.2 Å². The molecule has 0 atom stereocenters. The van der Waals surface area contributed by atoms with Gasteiger partial charge < -0.3 is 10.1 Å². The number of ether oxygens (including phenoxy) is 1. The Labute approximate surface area is 137 Å². The van der Waals surface area contributed by atoms with Gasteiger partial charge in [-0.05, 0) is 29.8 Å². The zero-order chi connectivity index (χ0) is 17.6. The van der Waals surface area contributed by atoms with Crippen LogP contribution in [-0.2, 0) is 17.5 Å². The lowest BCUT2D eigenvalue weighted by atomic mass is 10.1. The molecule has 0 heterocycles. The highest BCUT2D eigenvalue weighted by atomic mass is 19.4. The molecular formula is C18H16F3NO2. The minimum absolute atomic E-state index is 0.260. The van der Waals surface area contributed by atoms with Gasteiger partial charge in [0.2, 0.25) is 5.91 Å². The smallest absolute Gasteiger partial charge is 0.416 e. The zero-order valence-corrected chi connectivity index (χ0v) is 12.9. The lowest BCUT2D eigenvalue weighted by Gasteiger charge is -2.08. The Morgan fingerprint density at radius 2 is 1.92 bits per heavy atom. The number of alkyl halides is 3. The van der Waals surface area contributed by atoms with E-state index in [-0.39, 0.29) is 6.54 Å². The first-order valence-electron chi connectivity index (χ1n) is 7.15. The summed E-state index contributed by atoms with van der Waals surface area (Å²) >= 11 is 0. The highest BCUT2D eigenvalue weighted by Crippen LogP contribution is 2.29. The molecule has 0 fully saturated rings. The van der Waals surface area contributed by atoms with Gasteiger partial charge in [0, 0.05) is 18.2 Å². The van der Waals surface area contributed by atoms with Crippen molar-refractivity contribution in [2.45, 2.75) is 12.7 Å². The number of rotatable bonds is 5. The van der Waals surface area contributed by atoms with Crippen molar-refractivity contribution in [2.75, 3.05) is 7.11 Å². The maximum absolute atomic E-state index is 12.6. The van der Waals surface area contributed by atoms with E-state index in [4.69, 9.17) is 4.74 Å². The molecule has 0 aliphatic heterocycles. The Morgan fingerprint density at radius 3 is 2.62 bits per heavy atom. The fourth-order valence-electron chi connectivity index (χ4n) is 2.08. The number of para-hydroxylation sites is 1. The lowest BCUT2D eigenvalue weighted by Crippen LogP contribution is -2.20. The predicted molar refractivity (Wildman–Crippen MR) is 85.3 cm³/mol. The minimum Gasteiger partial charge on any atom is -0.496 e. The fraction of sp³-hybridized carbons (Fsp3) is 0.167. The van der Waals surface area contributed by atoms with Crippen LogP contribution in [-0.4, -0.2) is 13.0 Å². The Hall–Kier alpha value is -2.76. The summed E-state index contributed by atoms with van der Waals surface area (Å²) in [5.41, 5.74) is 0.358. The molecule has 0 aliphatic carbocycles. The van der Waals surface area contributed by atoms with Crippen molar-refractivity contribution in [2.24, 2.45) is 0 Å². The first kappa shape index (κ1) is 17.6. The van der Waals surface area contributed by atoms with Crippen LogP contribution >= 0.6 is 0 Å². The number of benzene rings is 2. The van der Waals surface area contributed by atoms with Gasteiger partial charge in [0.1, 0.15) is 5.75 Å². The average molecular weight is 335 g/mol. The van der Waals surface area contributed by atoms with E-state index in [9.17, 15) is 18.0 Å². The number of amides is 1. The van der Waals surface area contributed by atoms with Crippen molar-refractivity contribution in [1.82, 2.24) is 5.32 Å². The topological polar surface area (TPSA) is 38.3 Å². The van der Waals surface area contributed by atoms with Crippen molar-refractivity contribution in [1.29, 1.82) is 0 Å². The van der Waals surface area contributed by atoms with Crippen LogP contribution in [0.15, 0.2) is 54.6 Å². The van der Waals surface area contributed by atoms with Gasteiger partial charge in [0.05, 0.1) is 12.7 Å². The van der Waals surface area contributed by atoms with Crippen LogP contribution in [0.4, 0.5) is 13.2 Å². The Morgan fingerprint density at radius 1 is 1.17 bits per heavy atom. The van der Waals surface area contributed by atoms with E-state index in [1.54, 1.807) is 6.07 Å². The monoisotopic (exact) mass is 335 g/mol. The second-order valence-electron chi connectivity index (χ2n) is 4.99. The molecule has 2 rings (SSSR count). The quantitative estimate of drug-likeness (QED) is 0.838. The van der Waals surface area contributed by atoms with Crippen molar-refractivity contribution in [3.8, 4) is 5.75 Å². The molecule has 0 unspecified atom stereocenters. The maximum Gasteiger partial charge on any atom is 0.416 e. The largest absolute Gasteiger partial charge is 0.496 e. The number of carbonyl (C=O) groups excluding carboxylic acids is 1. The molecule has 2 aromatic rings. The number of nitrogens with one attached hydrogen (secondary N) is 1. The van der Waals surface area contributed by atoms with E-state index in [1.807, 2.05) is 18.2 Å². The first-order chi connectivity index (χ1) is 11.4. The van der Waals surface area contributed by atoms with Gasteiger partial charge in [0.25, 0.3) is 0 Å². The summed E-state index contributed by atoms with van der Waals surface area (Å²) in [7, 11) is 1.54. The van der Waals surface area contributed by atoms with Crippen molar-refractivity contribution in [3.05, 3.63) is 71.3 Å². The first-order valence-corrected chi connectivity index (χ1v) is 7.15. The molecule has 0 radical (unpaired) electrons. The molecule has 2 aromatic carbocycles. The zero-order valence-electron chi connectivity index (χ0n) is 12.9. The molecular weight excluding hydrogens is 319 g/mol. The third-order valence-corrected chi connectivity index (χ3v) is 3.29. The van der Waals surface area contributed by atoms with Crippen molar-refractivity contribution < 1.29 is 22.7 Å².